The van der Waals surface area contributed by atoms with Gasteiger partial charge in [0.25, 0.3) is 0 Å². The summed E-state index contributed by atoms with van der Waals surface area (Å²) < 4.78 is 1.77. The first-order valence-electron chi connectivity index (χ1n) is 10.1. The molecule has 0 radical (unpaired) electrons. The van der Waals surface area contributed by atoms with Crippen LogP contribution in [0.5, 0.6) is 0 Å². The smallest absolute Gasteiger partial charge is 0.316 e. The van der Waals surface area contributed by atoms with Crippen molar-refractivity contribution in [3.05, 3.63) is 107 Å². The second-order valence-corrected chi connectivity index (χ2v) is 7.41. The van der Waals surface area contributed by atoms with Crippen LogP contribution < -0.4 is 4.84 Å². The molecule has 1 amide bonds. The fraction of sp³-hybridized carbons (Fsp3) is 0.200. The van der Waals surface area contributed by atoms with Gasteiger partial charge in [-0.05, 0) is 48.1 Å². The van der Waals surface area contributed by atoms with Crippen LogP contribution >= 0.6 is 12.2 Å². The van der Waals surface area contributed by atoms with E-state index < -0.39 is 6.09 Å². The molecule has 0 spiro atoms. The van der Waals surface area contributed by atoms with Gasteiger partial charge in [-0.15, -0.1) is 0 Å². The van der Waals surface area contributed by atoms with Gasteiger partial charge in [0.2, 0.25) is 0 Å². The van der Waals surface area contributed by atoms with E-state index >= 15 is 0 Å². The minimum atomic E-state index is -0.415. The predicted octanol–water partition coefficient (Wildman–Crippen LogP) is 6.00. The summed E-state index contributed by atoms with van der Waals surface area (Å²) in [5, 5.41) is 0. The van der Waals surface area contributed by atoms with Crippen molar-refractivity contribution in [1.82, 2.24) is 9.63 Å². The first-order chi connectivity index (χ1) is 14.6. The first kappa shape index (κ1) is 21.5. The molecule has 0 bridgehead atoms. The van der Waals surface area contributed by atoms with Crippen molar-refractivity contribution in [1.29, 1.82) is 0 Å². The van der Waals surface area contributed by atoms with E-state index in [-0.39, 0.29) is 0 Å². The van der Waals surface area contributed by atoms with Gasteiger partial charge in [0.1, 0.15) is 4.64 Å². The predicted molar refractivity (Wildman–Crippen MR) is 124 cm³/mol. The molecule has 0 N–H and O–H groups in total. The Bertz CT molecular complexity index is 988. The van der Waals surface area contributed by atoms with Crippen LogP contribution in [0.25, 0.3) is 5.57 Å². The van der Waals surface area contributed by atoms with Crippen molar-refractivity contribution in [2.45, 2.75) is 19.3 Å². The third-order valence-corrected chi connectivity index (χ3v) is 5.06. The molecular weight excluding hydrogens is 392 g/mol. The van der Waals surface area contributed by atoms with Crippen molar-refractivity contribution in [2.75, 3.05) is 13.6 Å². The van der Waals surface area contributed by atoms with Crippen LogP contribution in [0.15, 0.2) is 91.1 Å². The van der Waals surface area contributed by atoms with Crippen LogP contribution in [0.1, 0.15) is 30.4 Å². The summed E-state index contributed by atoms with van der Waals surface area (Å²) in [5.74, 6) is 0. The number of unbranched alkanes of at least 4 members (excludes halogenated alkanes) is 2. The average Bonchev–Trinajstić information content (AvgIpc) is 2.78. The molecule has 4 nitrogen and oxygen atoms in total. The number of carbonyl (C=O) groups is 1. The standard InChI is InChI=1S/C25H26N2O2S/c1-26(25(28)29-27-20-12-10-18-24(27)30)19-11-4-9-17-23(21-13-5-2-6-14-21)22-15-7-3-8-16-22/h2-3,5-8,10,12-18,20H,4,9,11,19H2,1H3. The number of hydrogen-bond acceptors (Lipinski definition) is 3. The number of pyridine rings is 1. The number of rotatable bonds is 8. The van der Waals surface area contributed by atoms with Crippen LogP contribution in [0.4, 0.5) is 4.79 Å². The Labute approximate surface area is 183 Å². The van der Waals surface area contributed by atoms with Crippen molar-refractivity contribution in [3.63, 3.8) is 0 Å². The van der Waals surface area contributed by atoms with E-state index in [9.17, 15) is 4.79 Å². The summed E-state index contributed by atoms with van der Waals surface area (Å²) in [6.07, 6.45) is 6.30. The molecule has 0 saturated heterocycles. The lowest BCUT2D eigenvalue weighted by molar-refractivity contribution is 0.0975. The quantitative estimate of drug-likeness (QED) is 0.332. The molecule has 5 heteroatoms. The molecule has 30 heavy (non-hydrogen) atoms. The highest BCUT2D eigenvalue weighted by molar-refractivity contribution is 7.71. The van der Waals surface area contributed by atoms with E-state index in [1.807, 2.05) is 18.2 Å². The van der Waals surface area contributed by atoms with Gasteiger partial charge in [0, 0.05) is 19.8 Å². The summed E-state index contributed by atoms with van der Waals surface area (Å²) in [7, 11) is 1.74. The molecule has 0 aliphatic heterocycles. The van der Waals surface area contributed by atoms with Gasteiger partial charge in [-0.3, -0.25) is 0 Å². The number of aromatic nitrogens is 1. The highest BCUT2D eigenvalue weighted by atomic mass is 32.1. The van der Waals surface area contributed by atoms with Crippen LogP contribution in [0.3, 0.4) is 0 Å². The number of amides is 1. The number of hydrogen-bond donors (Lipinski definition) is 0. The SMILES string of the molecule is CN(CCCCC=C(c1ccccc1)c1ccccc1)C(=O)On1ccccc1=S. The van der Waals surface area contributed by atoms with Gasteiger partial charge in [-0.2, -0.15) is 4.73 Å². The third kappa shape index (κ3) is 6.16. The summed E-state index contributed by atoms with van der Waals surface area (Å²) in [4.78, 5) is 19.1. The van der Waals surface area contributed by atoms with Gasteiger partial charge in [0.05, 0.1) is 0 Å². The summed E-state index contributed by atoms with van der Waals surface area (Å²) >= 11 is 5.14. The molecule has 1 aromatic heterocycles. The number of allylic oxidation sites excluding steroid dienone is 1. The molecule has 3 aromatic rings. The highest BCUT2D eigenvalue weighted by Gasteiger charge is 2.11. The van der Waals surface area contributed by atoms with Crippen molar-refractivity contribution >= 4 is 23.9 Å². The van der Waals surface area contributed by atoms with Crippen LogP contribution in [-0.4, -0.2) is 29.3 Å². The Balaban J connectivity index is 1.53. The maximum absolute atomic E-state index is 12.2. The lowest BCUT2D eigenvalue weighted by Crippen LogP contribution is -2.34. The monoisotopic (exact) mass is 418 g/mol. The zero-order chi connectivity index (χ0) is 21.2. The summed E-state index contributed by atoms with van der Waals surface area (Å²) in [5.41, 5.74) is 3.66. The molecule has 1 heterocycles. The Hall–Kier alpha value is -3.18. The minimum Gasteiger partial charge on any atom is -0.316 e. The fourth-order valence-corrected chi connectivity index (χ4v) is 3.29. The van der Waals surface area contributed by atoms with Crippen LogP contribution in [-0.2, 0) is 0 Å². The Morgan fingerprint density at radius 1 is 0.933 bits per heavy atom. The number of carbonyl (C=O) groups excluding carboxylic acids is 1. The second-order valence-electron chi connectivity index (χ2n) is 6.99. The first-order valence-corrected chi connectivity index (χ1v) is 10.5. The molecule has 0 unspecified atom stereocenters. The molecule has 154 valence electrons. The Kier molecular flexibility index (Phi) is 7.98. The van der Waals surface area contributed by atoms with Crippen LogP contribution in [0, 0.1) is 4.64 Å². The summed E-state index contributed by atoms with van der Waals surface area (Å²) in [6, 6.07) is 26.1. The fourth-order valence-electron chi connectivity index (χ4n) is 3.11. The summed E-state index contributed by atoms with van der Waals surface area (Å²) in [6.45, 7) is 0.624. The maximum atomic E-state index is 12.2. The third-order valence-electron chi connectivity index (χ3n) is 4.74. The van der Waals surface area contributed by atoms with E-state index in [0.29, 0.717) is 11.2 Å². The molecular formula is C25H26N2O2S. The van der Waals surface area contributed by atoms with E-state index in [2.05, 4.69) is 54.6 Å². The van der Waals surface area contributed by atoms with E-state index in [0.717, 1.165) is 19.3 Å². The van der Waals surface area contributed by atoms with Crippen molar-refractivity contribution in [3.8, 4) is 0 Å². The topological polar surface area (TPSA) is 34.5 Å². The molecule has 0 atom stereocenters. The lowest BCUT2D eigenvalue weighted by atomic mass is 9.96. The zero-order valence-electron chi connectivity index (χ0n) is 17.1. The Morgan fingerprint density at radius 3 is 2.13 bits per heavy atom. The molecule has 0 saturated carbocycles. The van der Waals surface area contributed by atoms with Crippen LogP contribution in [0.2, 0.25) is 0 Å². The molecule has 0 aliphatic rings. The minimum absolute atomic E-state index is 0.415. The van der Waals surface area contributed by atoms with Crippen molar-refractivity contribution in [2.24, 2.45) is 0 Å². The van der Waals surface area contributed by atoms with E-state index in [1.54, 1.807) is 30.3 Å². The van der Waals surface area contributed by atoms with Crippen molar-refractivity contribution < 1.29 is 9.63 Å². The zero-order valence-corrected chi connectivity index (χ0v) is 17.9. The van der Waals surface area contributed by atoms with Gasteiger partial charge in [0.15, 0.2) is 0 Å². The average molecular weight is 419 g/mol. The Morgan fingerprint density at radius 2 is 1.53 bits per heavy atom. The van der Waals surface area contributed by atoms with Gasteiger partial charge in [-0.1, -0.05) is 85.0 Å². The molecule has 3 rings (SSSR count). The second kappa shape index (κ2) is 11.1. The van der Waals surface area contributed by atoms with Gasteiger partial charge in [-0.25, -0.2) is 4.79 Å². The van der Waals surface area contributed by atoms with Gasteiger partial charge >= 0.3 is 6.09 Å². The van der Waals surface area contributed by atoms with E-state index in [4.69, 9.17) is 17.1 Å². The maximum Gasteiger partial charge on any atom is 0.434 e. The van der Waals surface area contributed by atoms with Gasteiger partial charge < -0.3 is 9.74 Å². The number of nitrogens with zero attached hydrogens (tertiary/aromatic N) is 2. The highest BCUT2D eigenvalue weighted by Crippen LogP contribution is 2.24. The molecule has 0 fully saturated rings. The lowest BCUT2D eigenvalue weighted by Gasteiger charge is -2.17. The normalized spacial score (nSPS) is 10.3. The largest absolute Gasteiger partial charge is 0.434 e. The molecule has 2 aromatic carbocycles. The van der Waals surface area contributed by atoms with E-state index in [1.165, 1.54) is 21.4 Å². The molecule has 0 aliphatic carbocycles. The number of benzene rings is 2.